The summed E-state index contributed by atoms with van der Waals surface area (Å²) in [4.78, 5) is 11.6. The second-order valence-electron chi connectivity index (χ2n) is 3.55. The number of furan rings is 1. The van der Waals surface area contributed by atoms with Crippen LogP contribution in [0.5, 0.6) is 5.75 Å². The third kappa shape index (κ3) is 3.46. The lowest BCUT2D eigenvalue weighted by Gasteiger charge is -2.10. The predicted molar refractivity (Wildman–Crippen MR) is 75.5 cm³/mol. The van der Waals surface area contributed by atoms with Crippen LogP contribution < -0.4 is 10.6 Å². The zero-order valence-electron chi connectivity index (χ0n) is 9.51. The summed E-state index contributed by atoms with van der Waals surface area (Å²) in [5.41, 5.74) is 0.303. The highest BCUT2D eigenvalue weighted by Gasteiger charge is 2.11. The van der Waals surface area contributed by atoms with Crippen molar-refractivity contribution in [2.45, 2.75) is 0 Å². The van der Waals surface area contributed by atoms with E-state index in [1.165, 1.54) is 30.5 Å². The molecule has 0 spiro atoms. The summed E-state index contributed by atoms with van der Waals surface area (Å²) in [7, 11) is 0. The molecule has 7 heteroatoms. The Kier molecular flexibility index (Phi) is 4.03. The number of hydrogen-bond acceptors (Lipinski definition) is 4. The van der Waals surface area contributed by atoms with E-state index in [0.717, 1.165) is 0 Å². The van der Waals surface area contributed by atoms with Crippen LogP contribution in [0.2, 0.25) is 5.02 Å². The Hall–Kier alpha value is -2.05. The molecular weight excluding hydrogens is 288 g/mol. The lowest BCUT2D eigenvalue weighted by Crippen LogP contribution is -2.33. The molecule has 0 saturated carbocycles. The number of thiocarbonyl (C=S) groups is 1. The molecule has 5 nitrogen and oxygen atoms in total. The molecule has 0 aliphatic heterocycles. The number of phenolic OH excluding ortho intramolecular Hbond substituents is 1. The van der Waals surface area contributed by atoms with Gasteiger partial charge in [0.15, 0.2) is 10.9 Å². The second-order valence-corrected chi connectivity index (χ2v) is 4.39. The second kappa shape index (κ2) is 5.73. The van der Waals surface area contributed by atoms with Crippen molar-refractivity contribution in [1.82, 2.24) is 5.32 Å². The zero-order valence-corrected chi connectivity index (χ0v) is 11.1. The highest BCUT2D eigenvalue weighted by atomic mass is 35.5. The van der Waals surface area contributed by atoms with Crippen molar-refractivity contribution in [3.05, 3.63) is 47.4 Å². The summed E-state index contributed by atoms with van der Waals surface area (Å²) in [5, 5.41) is 15.1. The number of carbonyl (C=O) groups is 1. The van der Waals surface area contributed by atoms with Crippen molar-refractivity contribution in [2.75, 3.05) is 5.32 Å². The number of phenols is 1. The molecular formula is C12H9ClN2O3S. The molecule has 0 unspecified atom stereocenters. The van der Waals surface area contributed by atoms with Crippen molar-refractivity contribution in [3.63, 3.8) is 0 Å². The average molecular weight is 297 g/mol. The number of benzene rings is 1. The van der Waals surface area contributed by atoms with Crippen LogP contribution in [-0.4, -0.2) is 16.1 Å². The van der Waals surface area contributed by atoms with Crippen LogP contribution >= 0.6 is 23.8 Å². The Balaban J connectivity index is 2.02. The van der Waals surface area contributed by atoms with E-state index in [-0.39, 0.29) is 16.6 Å². The number of nitrogens with one attached hydrogen (secondary N) is 2. The standard InChI is InChI=1S/C12H9ClN2O3S/c13-7-3-4-9(16)8(6-7)14-12(19)15-11(17)10-2-1-5-18-10/h1-6,16H,(H2,14,15,17,19). The Morgan fingerprint density at radius 3 is 2.84 bits per heavy atom. The SMILES string of the molecule is O=C(NC(=S)Nc1cc(Cl)ccc1O)c1ccco1. The van der Waals surface area contributed by atoms with Crippen LogP contribution in [0.15, 0.2) is 41.0 Å². The van der Waals surface area contributed by atoms with Gasteiger partial charge >= 0.3 is 0 Å². The lowest BCUT2D eigenvalue weighted by atomic mass is 10.3. The van der Waals surface area contributed by atoms with Crippen molar-refractivity contribution >= 4 is 40.5 Å². The maximum Gasteiger partial charge on any atom is 0.293 e. The smallest absolute Gasteiger partial charge is 0.293 e. The molecule has 98 valence electrons. The van der Waals surface area contributed by atoms with Crippen LogP contribution in [0, 0.1) is 0 Å². The van der Waals surface area contributed by atoms with E-state index in [1.807, 2.05) is 0 Å². The number of aromatic hydroxyl groups is 1. The first-order valence-electron chi connectivity index (χ1n) is 5.20. The van der Waals surface area contributed by atoms with Gasteiger partial charge in [0.05, 0.1) is 12.0 Å². The molecule has 0 aliphatic rings. The fourth-order valence-electron chi connectivity index (χ4n) is 1.33. The molecule has 2 rings (SSSR count). The Labute approximate surface area is 119 Å². The Morgan fingerprint density at radius 2 is 2.16 bits per heavy atom. The van der Waals surface area contributed by atoms with Gasteiger partial charge in [-0.2, -0.15) is 0 Å². The summed E-state index contributed by atoms with van der Waals surface area (Å²) < 4.78 is 4.92. The van der Waals surface area contributed by atoms with Gasteiger partial charge < -0.3 is 14.8 Å². The van der Waals surface area contributed by atoms with Gasteiger partial charge in [0.1, 0.15) is 5.75 Å². The molecule has 0 saturated heterocycles. The first kappa shape index (κ1) is 13.4. The Morgan fingerprint density at radius 1 is 1.37 bits per heavy atom. The third-order valence-electron chi connectivity index (χ3n) is 2.18. The number of hydrogen-bond donors (Lipinski definition) is 3. The Bertz CT molecular complexity index is 613. The fraction of sp³-hybridized carbons (Fsp3) is 0. The van der Waals surface area contributed by atoms with E-state index in [0.29, 0.717) is 10.7 Å². The number of halogens is 1. The van der Waals surface area contributed by atoms with Gasteiger partial charge in [0.25, 0.3) is 5.91 Å². The highest BCUT2D eigenvalue weighted by Crippen LogP contribution is 2.26. The van der Waals surface area contributed by atoms with E-state index < -0.39 is 5.91 Å². The van der Waals surface area contributed by atoms with Gasteiger partial charge in [0, 0.05) is 5.02 Å². The normalized spacial score (nSPS) is 9.95. The van der Waals surface area contributed by atoms with Crippen LogP contribution in [0.3, 0.4) is 0 Å². The first-order chi connectivity index (χ1) is 9.06. The van der Waals surface area contributed by atoms with Crippen molar-refractivity contribution in [1.29, 1.82) is 0 Å². The van der Waals surface area contributed by atoms with Crippen LogP contribution in [0.4, 0.5) is 5.69 Å². The first-order valence-corrected chi connectivity index (χ1v) is 5.99. The van der Waals surface area contributed by atoms with E-state index in [4.69, 9.17) is 28.2 Å². The topological polar surface area (TPSA) is 74.5 Å². The molecule has 19 heavy (non-hydrogen) atoms. The predicted octanol–water partition coefficient (Wildman–Crippen LogP) is 2.77. The summed E-state index contributed by atoms with van der Waals surface area (Å²) in [6.45, 7) is 0. The molecule has 0 aliphatic carbocycles. The van der Waals surface area contributed by atoms with Crippen molar-refractivity contribution in [3.8, 4) is 5.75 Å². The average Bonchev–Trinajstić information content (AvgIpc) is 2.87. The molecule has 0 fully saturated rings. The van der Waals surface area contributed by atoms with E-state index in [9.17, 15) is 9.90 Å². The number of anilines is 1. The monoisotopic (exact) mass is 296 g/mol. The highest BCUT2D eigenvalue weighted by molar-refractivity contribution is 7.80. The van der Waals surface area contributed by atoms with Gasteiger partial charge in [-0.3, -0.25) is 10.1 Å². The van der Waals surface area contributed by atoms with Gasteiger partial charge in [-0.05, 0) is 42.5 Å². The molecule has 1 heterocycles. The van der Waals surface area contributed by atoms with E-state index in [1.54, 1.807) is 6.07 Å². The minimum absolute atomic E-state index is 0.0268. The molecule has 1 aromatic carbocycles. The van der Waals surface area contributed by atoms with Gasteiger partial charge in [-0.1, -0.05) is 11.6 Å². The van der Waals surface area contributed by atoms with Gasteiger partial charge in [-0.25, -0.2) is 0 Å². The molecule has 3 N–H and O–H groups in total. The number of rotatable bonds is 2. The molecule has 2 aromatic rings. The van der Waals surface area contributed by atoms with E-state index >= 15 is 0 Å². The number of carbonyl (C=O) groups excluding carboxylic acids is 1. The summed E-state index contributed by atoms with van der Waals surface area (Å²) in [6, 6.07) is 7.54. The quantitative estimate of drug-likeness (QED) is 0.587. The van der Waals surface area contributed by atoms with Crippen LogP contribution in [0.25, 0.3) is 0 Å². The minimum atomic E-state index is -0.482. The van der Waals surface area contributed by atoms with E-state index in [2.05, 4.69) is 10.6 Å². The third-order valence-corrected chi connectivity index (χ3v) is 2.62. The van der Waals surface area contributed by atoms with Gasteiger partial charge in [0.2, 0.25) is 0 Å². The maximum absolute atomic E-state index is 11.6. The zero-order chi connectivity index (χ0) is 13.8. The van der Waals surface area contributed by atoms with Crippen LogP contribution in [-0.2, 0) is 0 Å². The lowest BCUT2D eigenvalue weighted by molar-refractivity contribution is 0.0950. The van der Waals surface area contributed by atoms with Crippen molar-refractivity contribution in [2.24, 2.45) is 0 Å². The molecule has 0 bridgehead atoms. The summed E-state index contributed by atoms with van der Waals surface area (Å²) in [5.74, 6) is -0.373. The summed E-state index contributed by atoms with van der Waals surface area (Å²) in [6.07, 6.45) is 1.38. The van der Waals surface area contributed by atoms with Crippen LogP contribution in [0.1, 0.15) is 10.6 Å². The number of amides is 1. The van der Waals surface area contributed by atoms with Gasteiger partial charge in [-0.15, -0.1) is 0 Å². The largest absolute Gasteiger partial charge is 0.506 e. The maximum atomic E-state index is 11.6. The minimum Gasteiger partial charge on any atom is -0.506 e. The summed E-state index contributed by atoms with van der Waals surface area (Å²) >= 11 is 10.7. The molecule has 1 amide bonds. The molecule has 0 atom stereocenters. The molecule has 0 radical (unpaired) electrons. The molecule has 1 aromatic heterocycles. The van der Waals surface area contributed by atoms with Crippen molar-refractivity contribution < 1.29 is 14.3 Å². The fourth-order valence-corrected chi connectivity index (χ4v) is 1.71.